The number of aromatic carboxylic acids is 1. The number of halogens is 2. The molecule has 10 nitrogen and oxygen atoms in total. The van der Waals surface area contributed by atoms with Crippen LogP contribution in [-0.2, 0) is 10.0 Å². The normalized spacial score (nSPS) is 16.6. The van der Waals surface area contributed by atoms with Crippen molar-refractivity contribution < 1.29 is 23.1 Å². The molecule has 0 aliphatic carbocycles. The Labute approximate surface area is 215 Å². The number of sulfonamides is 1. The first-order valence-electron chi connectivity index (χ1n) is 10.8. The smallest absolute Gasteiger partial charge is 0.339 e. The van der Waals surface area contributed by atoms with Gasteiger partial charge in [-0.15, -0.1) is 0 Å². The van der Waals surface area contributed by atoms with Crippen LogP contribution in [0.4, 0.5) is 0 Å². The monoisotopic (exact) mass is 553 g/mol. The first-order valence-corrected chi connectivity index (χ1v) is 13.0. The topological polar surface area (TPSA) is 139 Å². The summed E-state index contributed by atoms with van der Waals surface area (Å²) in [4.78, 5) is 37.8. The van der Waals surface area contributed by atoms with Gasteiger partial charge in [-0.05, 0) is 44.0 Å². The highest BCUT2D eigenvalue weighted by Gasteiger charge is 2.32. The molecule has 3 aromatic rings. The number of aryl methyl sites for hydroxylation is 1. The summed E-state index contributed by atoms with van der Waals surface area (Å²) in [6.07, 6.45) is 2.45. The summed E-state index contributed by atoms with van der Waals surface area (Å²) in [5, 5.41) is 10.0. The zero-order chi connectivity index (χ0) is 26.2. The van der Waals surface area contributed by atoms with Crippen LogP contribution in [0.2, 0.25) is 10.0 Å². The molecule has 1 aliphatic heterocycles. The lowest BCUT2D eigenvalue weighted by Gasteiger charge is -2.33. The number of benzene rings is 2. The van der Waals surface area contributed by atoms with Crippen LogP contribution >= 0.6 is 23.2 Å². The minimum atomic E-state index is -4.08. The number of nitrogens with zero attached hydrogens (tertiary/aromatic N) is 2. The lowest BCUT2D eigenvalue weighted by atomic mass is 10.1. The Morgan fingerprint density at radius 1 is 1.14 bits per heavy atom. The molecule has 13 heteroatoms. The predicted octanol–water partition coefficient (Wildman–Crippen LogP) is 3.67. The molecule has 0 amide bonds. The number of H-pyrrole nitrogens is 1. The zero-order valence-electron chi connectivity index (χ0n) is 18.9. The van der Waals surface area contributed by atoms with Crippen LogP contribution in [0.3, 0.4) is 0 Å². The third-order valence-electron chi connectivity index (χ3n) is 5.84. The van der Waals surface area contributed by atoms with E-state index < -0.39 is 33.3 Å². The van der Waals surface area contributed by atoms with E-state index in [4.69, 9.17) is 27.9 Å². The molecule has 1 aromatic heterocycles. The van der Waals surface area contributed by atoms with E-state index in [0.717, 1.165) is 12.1 Å². The van der Waals surface area contributed by atoms with Crippen LogP contribution in [0, 0.1) is 6.92 Å². The van der Waals surface area contributed by atoms with Crippen molar-refractivity contribution >= 4 is 39.2 Å². The number of hydrogen-bond acceptors (Lipinski definition) is 6. The van der Waals surface area contributed by atoms with E-state index in [1.54, 1.807) is 6.92 Å². The average Bonchev–Trinajstić information content (AvgIpc) is 2.83. The van der Waals surface area contributed by atoms with Gasteiger partial charge in [-0.1, -0.05) is 23.2 Å². The van der Waals surface area contributed by atoms with Gasteiger partial charge in [0, 0.05) is 37.0 Å². The summed E-state index contributed by atoms with van der Waals surface area (Å²) < 4.78 is 35.2. The van der Waals surface area contributed by atoms with Gasteiger partial charge in [0.15, 0.2) is 0 Å². The van der Waals surface area contributed by atoms with E-state index in [1.807, 2.05) is 0 Å². The fourth-order valence-electron chi connectivity index (χ4n) is 3.96. The second kappa shape index (κ2) is 10.1. The maximum Gasteiger partial charge on any atom is 0.339 e. The number of piperidine rings is 1. The van der Waals surface area contributed by atoms with Gasteiger partial charge >= 0.3 is 11.7 Å². The molecule has 1 fully saturated rings. The van der Waals surface area contributed by atoms with Crippen LogP contribution in [0.5, 0.6) is 11.5 Å². The molecular formula is C23H21Cl2N3O7S. The molecule has 2 N–H and O–H groups in total. The van der Waals surface area contributed by atoms with Crippen molar-refractivity contribution in [3.8, 4) is 11.5 Å². The third kappa shape index (κ3) is 5.19. The number of carboxylic acid groups (broad SMARTS) is 1. The summed E-state index contributed by atoms with van der Waals surface area (Å²) in [7, 11) is -4.08. The highest BCUT2D eigenvalue weighted by Crippen LogP contribution is 2.34. The van der Waals surface area contributed by atoms with E-state index >= 15 is 0 Å². The number of ether oxygens (including phenoxy) is 1. The van der Waals surface area contributed by atoms with E-state index in [-0.39, 0.29) is 45.1 Å². The molecule has 0 radical (unpaired) electrons. The highest BCUT2D eigenvalue weighted by molar-refractivity contribution is 7.89. The van der Waals surface area contributed by atoms with Crippen molar-refractivity contribution in [2.75, 3.05) is 13.1 Å². The van der Waals surface area contributed by atoms with E-state index in [1.165, 1.54) is 39.3 Å². The standard InChI is InChI=1S/C23H21Cl2N3O7S/c1-13-11-28(23(32)26-21(13)29)14-3-2-8-27(12-14)36(33,34)16-5-6-17(22(30)31)20(10-16)35-15-4-7-18(24)19(25)9-15/h4-7,9-11,14H,2-3,8,12H2,1H3,(H,30,31)(H,26,29,32)/t14-/m0/s1. The molecule has 0 saturated carbocycles. The molecule has 36 heavy (non-hydrogen) atoms. The molecule has 2 aromatic carbocycles. The highest BCUT2D eigenvalue weighted by atomic mass is 35.5. The van der Waals surface area contributed by atoms with E-state index in [9.17, 15) is 27.9 Å². The van der Waals surface area contributed by atoms with Crippen LogP contribution < -0.4 is 16.0 Å². The molecule has 1 saturated heterocycles. The number of carbonyl (C=O) groups is 1. The number of rotatable bonds is 6. The number of hydrogen-bond donors (Lipinski definition) is 2. The van der Waals surface area contributed by atoms with Gasteiger partial charge in [-0.2, -0.15) is 4.31 Å². The molecule has 0 bridgehead atoms. The fraction of sp³-hybridized carbons (Fsp3) is 0.261. The van der Waals surface area contributed by atoms with Gasteiger partial charge in [0.1, 0.15) is 17.1 Å². The second-order valence-electron chi connectivity index (χ2n) is 8.28. The van der Waals surface area contributed by atoms with Crippen LogP contribution in [0.1, 0.15) is 34.8 Å². The molecule has 1 aliphatic rings. The Kier molecular flexibility index (Phi) is 7.28. The summed E-state index contributed by atoms with van der Waals surface area (Å²) in [5.41, 5.74) is -1.02. The second-order valence-corrected chi connectivity index (χ2v) is 11.0. The maximum atomic E-state index is 13.5. The van der Waals surface area contributed by atoms with Crippen LogP contribution in [0.15, 0.2) is 57.1 Å². The molecular weight excluding hydrogens is 533 g/mol. The van der Waals surface area contributed by atoms with Crippen molar-refractivity contribution in [1.82, 2.24) is 13.9 Å². The van der Waals surface area contributed by atoms with Gasteiger partial charge in [-0.3, -0.25) is 14.3 Å². The SMILES string of the molecule is Cc1cn([C@H]2CCCN(S(=O)(=O)c3ccc(C(=O)O)c(Oc4ccc(Cl)c(Cl)c4)c3)C2)c(=O)[nH]c1=O. The Hall–Kier alpha value is -3.12. The van der Waals surface area contributed by atoms with Gasteiger partial charge in [-0.25, -0.2) is 18.0 Å². The van der Waals surface area contributed by atoms with Crippen molar-refractivity contribution in [3.63, 3.8) is 0 Å². The first-order chi connectivity index (χ1) is 17.0. The minimum absolute atomic E-state index is 0.00259. The summed E-state index contributed by atoms with van der Waals surface area (Å²) >= 11 is 11.9. The fourth-order valence-corrected chi connectivity index (χ4v) is 5.78. The van der Waals surface area contributed by atoms with Crippen molar-refractivity contribution in [3.05, 3.63) is 84.6 Å². The number of aromatic nitrogens is 2. The van der Waals surface area contributed by atoms with Gasteiger partial charge in [0.25, 0.3) is 5.56 Å². The molecule has 190 valence electrons. The zero-order valence-corrected chi connectivity index (χ0v) is 21.2. The minimum Gasteiger partial charge on any atom is -0.478 e. The predicted molar refractivity (Wildman–Crippen MR) is 133 cm³/mol. The van der Waals surface area contributed by atoms with Crippen molar-refractivity contribution in [1.29, 1.82) is 0 Å². The molecule has 0 unspecified atom stereocenters. The van der Waals surface area contributed by atoms with Gasteiger partial charge < -0.3 is 9.84 Å². The number of carboxylic acids is 1. The van der Waals surface area contributed by atoms with Crippen molar-refractivity contribution in [2.45, 2.75) is 30.7 Å². The first kappa shape index (κ1) is 26.0. The largest absolute Gasteiger partial charge is 0.478 e. The summed E-state index contributed by atoms with van der Waals surface area (Å²) in [6.45, 7) is 1.77. The summed E-state index contributed by atoms with van der Waals surface area (Å²) in [6, 6.07) is 7.33. The number of aromatic amines is 1. The van der Waals surface area contributed by atoms with Gasteiger partial charge in [0.05, 0.1) is 21.0 Å². The van der Waals surface area contributed by atoms with E-state index in [2.05, 4.69) is 4.98 Å². The Morgan fingerprint density at radius 2 is 1.89 bits per heavy atom. The summed E-state index contributed by atoms with van der Waals surface area (Å²) in [5.74, 6) is -1.32. The molecule has 2 heterocycles. The Balaban J connectivity index is 1.67. The average molecular weight is 554 g/mol. The molecule has 0 spiro atoms. The van der Waals surface area contributed by atoms with Crippen LogP contribution in [0.25, 0.3) is 0 Å². The molecule has 4 rings (SSSR count). The Bertz CT molecular complexity index is 1570. The number of nitrogens with one attached hydrogen (secondary N) is 1. The third-order valence-corrected chi connectivity index (χ3v) is 8.44. The maximum absolute atomic E-state index is 13.5. The van der Waals surface area contributed by atoms with Crippen molar-refractivity contribution in [2.24, 2.45) is 0 Å². The lowest BCUT2D eigenvalue weighted by molar-refractivity contribution is 0.0694. The van der Waals surface area contributed by atoms with E-state index in [0.29, 0.717) is 18.4 Å². The van der Waals surface area contributed by atoms with Crippen LogP contribution in [-0.4, -0.2) is 46.4 Å². The lowest BCUT2D eigenvalue weighted by Crippen LogP contribution is -2.44. The Morgan fingerprint density at radius 3 is 2.58 bits per heavy atom. The van der Waals surface area contributed by atoms with Gasteiger partial charge in [0.2, 0.25) is 10.0 Å². The quantitative estimate of drug-likeness (QED) is 0.474. The molecule has 1 atom stereocenters.